The van der Waals surface area contributed by atoms with Crippen molar-refractivity contribution in [2.24, 2.45) is 21.5 Å². The molecular weight excluding hydrogens is 463 g/mol. The van der Waals surface area contributed by atoms with E-state index in [9.17, 15) is 0 Å². The predicted octanol–water partition coefficient (Wildman–Crippen LogP) is 5.62. The lowest BCUT2D eigenvalue weighted by atomic mass is 10.2. The summed E-state index contributed by atoms with van der Waals surface area (Å²) in [4.78, 5) is 8.04. The normalized spacial score (nSPS) is 11.9. The van der Waals surface area contributed by atoms with Gasteiger partial charge in [-0.1, -0.05) is 64.1 Å². The summed E-state index contributed by atoms with van der Waals surface area (Å²) >= 11 is 29.7. The van der Waals surface area contributed by atoms with E-state index < -0.39 is 0 Å². The number of nitrogens with two attached hydrogens (primary N) is 2. The highest BCUT2D eigenvalue weighted by Gasteiger charge is 2.09. The number of benzene rings is 2. The van der Waals surface area contributed by atoms with Crippen molar-refractivity contribution in [1.29, 1.82) is 0 Å². The van der Waals surface area contributed by atoms with Crippen LogP contribution in [0.1, 0.15) is 5.56 Å². The third kappa shape index (κ3) is 6.27. The van der Waals surface area contributed by atoms with E-state index in [1.807, 2.05) is 0 Å². The molecule has 0 aliphatic heterocycles. The molecule has 0 saturated heterocycles. The van der Waals surface area contributed by atoms with Crippen LogP contribution in [-0.2, 0) is 6.54 Å². The van der Waals surface area contributed by atoms with Gasteiger partial charge in [0.1, 0.15) is 0 Å². The van der Waals surface area contributed by atoms with Crippen LogP contribution < -0.4 is 16.8 Å². The Labute approximate surface area is 181 Å². The topological polar surface area (TPSA) is 88.8 Å². The molecule has 0 amide bonds. The zero-order chi connectivity index (χ0) is 18.6. The lowest BCUT2D eigenvalue weighted by Gasteiger charge is -2.09. The minimum Gasteiger partial charge on any atom is -0.369 e. The zero-order valence-electron chi connectivity index (χ0n) is 12.9. The van der Waals surface area contributed by atoms with Gasteiger partial charge in [0.15, 0.2) is 0 Å². The number of anilines is 1. The Morgan fingerprint density at radius 3 is 2.19 bits per heavy atom. The summed E-state index contributed by atoms with van der Waals surface area (Å²) in [7, 11) is 0. The highest BCUT2D eigenvalue weighted by molar-refractivity contribution is 6.49. The summed E-state index contributed by atoms with van der Waals surface area (Å²) in [5.41, 5.74) is 12.8. The third-order valence-corrected chi connectivity index (χ3v) is 4.97. The van der Waals surface area contributed by atoms with Crippen LogP contribution in [0, 0.1) is 0 Å². The summed E-state index contributed by atoms with van der Waals surface area (Å²) in [6, 6.07) is 8.35. The van der Waals surface area contributed by atoms with E-state index in [0.29, 0.717) is 20.8 Å². The summed E-state index contributed by atoms with van der Waals surface area (Å²) < 4.78 is 0. The highest BCUT2D eigenvalue weighted by atomic mass is 35.5. The lowest BCUT2D eigenvalue weighted by molar-refractivity contribution is 1.05. The van der Waals surface area contributed by atoms with Gasteiger partial charge >= 0.3 is 0 Å². The van der Waals surface area contributed by atoms with Gasteiger partial charge in [-0.25, -0.2) is 4.99 Å². The van der Waals surface area contributed by atoms with Crippen LogP contribution in [0.3, 0.4) is 0 Å². The first-order chi connectivity index (χ1) is 11.8. The predicted molar refractivity (Wildman–Crippen MR) is 116 cm³/mol. The summed E-state index contributed by atoms with van der Waals surface area (Å²) in [6.45, 7) is 0.271. The zero-order valence-corrected chi connectivity index (χ0v) is 17.5. The summed E-state index contributed by atoms with van der Waals surface area (Å²) in [6.07, 6.45) is 0. The fourth-order valence-corrected chi connectivity index (χ4v) is 2.66. The molecule has 26 heavy (non-hydrogen) atoms. The molecule has 5 N–H and O–H groups in total. The number of hydrogen-bond acceptors (Lipinski definition) is 1. The minimum absolute atomic E-state index is 0. The molecule has 0 aromatic heterocycles. The van der Waals surface area contributed by atoms with E-state index in [2.05, 4.69) is 15.3 Å². The standard InChI is InChI=1S/C15H12Cl5N5.ClH/c16-8-2-1-7(5-10(8)18)6-23-14(21)25-15(22)24-11-4-3-9(17)12(19)13(11)20;/h1-5H,6H2,(H5,21,22,23,24,25);1H. The van der Waals surface area contributed by atoms with Gasteiger partial charge in [0.2, 0.25) is 11.9 Å². The molecule has 140 valence electrons. The second-order valence-electron chi connectivity index (χ2n) is 4.77. The molecule has 2 rings (SSSR count). The van der Waals surface area contributed by atoms with Crippen LogP contribution in [0.5, 0.6) is 0 Å². The molecule has 0 unspecified atom stereocenters. The van der Waals surface area contributed by atoms with Gasteiger partial charge in [-0.05, 0) is 29.8 Å². The second-order valence-corrected chi connectivity index (χ2v) is 6.75. The Bertz CT molecular complexity index is 853. The van der Waals surface area contributed by atoms with E-state index in [-0.39, 0.29) is 40.9 Å². The molecule has 0 atom stereocenters. The highest BCUT2D eigenvalue weighted by Crippen LogP contribution is 2.35. The quantitative estimate of drug-likeness (QED) is 0.306. The Kier molecular flexibility index (Phi) is 9.10. The molecule has 0 bridgehead atoms. The number of halogens is 6. The van der Waals surface area contributed by atoms with Gasteiger partial charge < -0.3 is 16.8 Å². The van der Waals surface area contributed by atoms with Crippen molar-refractivity contribution < 1.29 is 0 Å². The molecule has 0 saturated carbocycles. The van der Waals surface area contributed by atoms with Gasteiger partial charge in [-0.2, -0.15) is 4.99 Å². The molecule has 0 radical (unpaired) electrons. The molecule has 11 heteroatoms. The molecule has 2 aromatic rings. The van der Waals surface area contributed by atoms with Crippen molar-refractivity contribution in [3.05, 3.63) is 61.0 Å². The molecule has 0 aliphatic rings. The lowest BCUT2D eigenvalue weighted by Crippen LogP contribution is -2.26. The SMILES string of the molecule is Cl.NC(=NCc1ccc(Cl)c(Cl)c1)N=C(N)Nc1ccc(Cl)c(Cl)c1Cl. The number of nitrogens with one attached hydrogen (secondary N) is 1. The van der Waals surface area contributed by atoms with E-state index >= 15 is 0 Å². The molecule has 0 spiro atoms. The first-order valence-electron chi connectivity index (χ1n) is 6.76. The molecular formula is C15H13Cl6N5. The van der Waals surface area contributed by atoms with E-state index in [1.165, 1.54) is 0 Å². The van der Waals surface area contributed by atoms with Crippen LogP contribution in [0.4, 0.5) is 5.69 Å². The maximum absolute atomic E-state index is 6.07. The molecule has 0 fully saturated rings. The first kappa shape index (κ1) is 23.0. The number of guanidine groups is 2. The fraction of sp³-hybridized carbons (Fsp3) is 0.0667. The van der Waals surface area contributed by atoms with Crippen LogP contribution in [0.15, 0.2) is 40.3 Å². The molecule has 0 heterocycles. The van der Waals surface area contributed by atoms with E-state index in [1.54, 1.807) is 30.3 Å². The first-order valence-corrected chi connectivity index (χ1v) is 8.65. The number of aliphatic imine (C=N–C) groups is 2. The average Bonchev–Trinajstić information content (AvgIpc) is 2.56. The monoisotopic (exact) mass is 473 g/mol. The molecule has 5 nitrogen and oxygen atoms in total. The second kappa shape index (κ2) is 10.3. The molecule has 0 aliphatic carbocycles. The number of hydrogen-bond donors (Lipinski definition) is 3. The van der Waals surface area contributed by atoms with Crippen molar-refractivity contribution in [2.75, 3.05) is 5.32 Å². The average molecular weight is 476 g/mol. The van der Waals surface area contributed by atoms with Gasteiger partial charge in [0.25, 0.3) is 0 Å². The molecule has 2 aromatic carbocycles. The van der Waals surface area contributed by atoms with Crippen LogP contribution in [-0.4, -0.2) is 11.9 Å². The summed E-state index contributed by atoms with van der Waals surface area (Å²) in [5, 5.41) is 4.44. The van der Waals surface area contributed by atoms with E-state index in [0.717, 1.165) is 5.56 Å². The van der Waals surface area contributed by atoms with Gasteiger partial charge in [0, 0.05) is 0 Å². The van der Waals surface area contributed by atoms with Crippen LogP contribution in [0.2, 0.25) is 25.1 Å². The number of nitrogens with zero attached hydrogens (tertiary/aromatic N) is 2. The minimum atomic E-state index is -0.0211. The Balaban J connectivity index is 0.00000338. The van der Waals surface area contributed by atoms with E-state index in [4.69, 9.17) is 69.5 Å². The third-order valence-electron chi connectivity index (χ3n) is 2.94. The van der Waals surface area contributed by atoms with Crippen molar-refractivity contribution in [2.45, 2.75) is 6.54 Å². The largest absolute Gasteiger partial charge is 0.369 e. The van der Waals surface area contributed by atoms with Gasteiger partial charge in [-0.15, -0.1) is 12.4 Å². The van der Waals surface area contributed by atoms with Crippen LogP contribution in [0.25, 0.3) is 0 Å². The maximum atomic E-state index is 6.07. The van der Waals surface area contributed by atoms with Gasteiger partial charge in [0.05, 0.1) is 37.3 Å². The fourth-order valence-electron chi connectivity index (χ4n) is 1.76. The number of rotatable bonds is 3. The smallest absolute Gasteiger partial charge is 0.218 e. The Morgan fingerprint density at radius 1 is 0.885 bits per heavy atom. The van der Waals surface area contributed by atoms with Crippen molar-refractivity contribution >= 4 is 88.0 Å². The van der Waals surface area contributed by atoms with Gasteiger partial charge in [-0.3, -0.25) is 0 Å². The van der Waals surface area contributed by atoms with Crippen molar-refractivity contribution in [1.82, 2.24) is 0 Å². The Morgan fingerprint density at radius 2 is 1.54 bits per heavy atom. The maximum Gasteiger partial charge on any atom is 0.218 e. The summed E-state index contributed by atoms with van der Waals surface area (Å²) in [5.74, 6) is -0.0251. The van der Waals surface area contributed by atoms with Crippen molar-refractivity contribution in [3.63, 3.8) is 0 Å². The van der Waals surface area contributed by atoms with Crippen molar-refractivity contribution in [3.8, 4) is 0 Å². The Hall–Kier alpha value is -1.08. The van der Waals surface area contributed by atoms with Crippen LogP contribution >= 0.6 is 70.4 Å².